The summed E-state index contributed by atoms with van der Waals surface area (Å²) in [7, 11) is 0. The van der Waals surface area contributed by atoms with Crippen molar-refractivity contribution in [2.75, 3.05) is 13.2 Å². The first-order valence-electron chi connectivity index (χ1n) is 6.87. The van der Waals surface area contributed by atoms with Crippen LogP contribution < -0.4 is 0 Å². The van der Waals surface area contributed by atoms with Crippen LogP contribution in [-0.4, -0.2) is 41.5 Å². The van der Waals surface area contributed by atoms with Crippen molar-refractivity contribution >= 4 is 22.7 Å². The zero-order valence-corrected chi connectivity index (χ0v) is 12.3. The summed E-state index contributed by atoms with van der Waals surface area (Å²) in [5.74, 6) is -1.66. The van der Waals surface area contributed by atoms with Crippen molar-refractivity contribution in [1.82, 2.24) is 0 Å². The Morgan fingerprint density at radius 1 is 1.13 bits per heavy atom. The van der Waals surface area contributed by atoms with Gasteiger partial charge in [-0.25, -0.2) is 9.59 Å². The van der Waals surface area contributed by atoms with Crippen LogP contribution in [0.5, 0.6) is 5.75 Å². The predicted molar refractivity (Wildman–Crippen MR) is 83.1 cm³/mol. The molecule has 2 N–H and O–H groups in total. The van der Waals surface area contributed by atoms with E-state index in [4.69, 9.17) is 4.74 Å². The molecule has 0 amide bonds. The summed E-state index contributed by atoms with van der Waals surface area (Å²) in [6.07, 6.45) is -0.197. The third-order valence-electron chi connectivity index (χ3n) is 3.08. The summed E-state index contributed by atoms with van der Waals surface area (Å²) in [5.41, 5.74) is -0.000939. The Balaban J connectivity index is 1.99. The second kappa shape index (κ2) is 7.42. The predicted octanol–water partition coefficient (Wildman–Crippen LogP) is 1.79. The molecule has 0 radical (unpaired) electrons. The summed E-state index contributed by atoms with van der Waals surface area (Å²) >= 11 is 0. The molecule has 0 heterocycles. The highest BCUT2D eigenvalue weighted by molar-refractivity contribution is 5.98. The van der Waals surface area contributed by atoms with Crippen LogP contribution in [-0.2, 0) is 14.3 Å². The van der Waals surface area contributed by atoms with Gasteiger partial charge in [-0.15, -0.1) is 0 Å². The molecule has 0 saturated carbocycles. The molecular weight excluding hydrogens is 300 g/mol. The van der Waals surface area contributed by atoms with Gasteiger partial charge < -0.3 is 19.7 Å². The Morgan fingerprint density at radius 3 is 2.39 bits per heavy atom. The Labute approximate surface area is 132 Å². The lowest BCUT2D eigenvalue weighted by Gasteiger charge is -2.12. The van der Waals surface area contributed by atoms with E-state index in [0.29, 0.717) is 0 Å². The number of esters is 2. The van der Waals surface area contributed by atoms with Crippen LogP contribution in [0.3, 0.4) is 0 Å². The van der Waals surface area contributed by atoms with Gasteiger partial charge in [0.05, 0.1) is 0 Å². The Hall–Kier alpha value is -2.86. The van der Waals surface area contributed by atoms with Crippen molar-refractivity contribution < 1.29 is 29.3 Å². The van der Waals surface area contributed by atoms with E-state index in [9.17, 15) is 19.8 Å². The average Bonchev–Trinajstić information content (AvgIpc) is 2.56. The molecule has 6 heteroatoms. The first-order chi connectivity index (χ1) is 11.0. The zero-order chi connectivity index (χ0) is 16.8. The van der Waals surface area contributed by atoms with Gasteiger partial charge in [-0.05, 0) is 22.9 Å². The summed E-state index contributed by atoms with van der Waals surface area (Å²) in [4.78, 5) is 22.8. The minimum Gasteiger partial charge on any atom is -0.507 e. The van der Waals surface area contributed by atoms with Crippen molar-refractivity contribution in [2.45, 2.75) is 6.10 Å². The summed E-state index contributed by atoms with van der Waals surface area (Å²) < 4.78 is 9.54. The van der Waals surface area contributed by atoms with Gasteiger partial charge in [-0.3, -0.25) is 0 Å². The van der Waals surface area contributed by atoms with Gasteiger partial charge in [-0.2, -0.15) is 0 Å². The number of aliphatic hydroxyl groups excluding tert-OH is 1. The molecule has 0 fully saturated rings. The molecule has 120 valence electrons. The lowest BCUT2D eigenvalue weighted by molar-refractivity contribution is -0.141. The fourth-order valence-electron chi connectivity index (χ4n) is 1.93. The molecule has 0 spiro atoms. The lowest BCUT2D eigenvalue weighted by Crippen LogP contribution is -2.25. The first kappa shape index (κ1) is 16.5. The molecule has 2 aromatic rings. The molecule has 0 bridgehead atoms. The highest BCUT2D eigenvalue weighted by Gasteiger charge is 2.16. The fourth-order valence-corrected chi connectivity index (χ4v) is 1.93. The molecule has 0 aromatic heterocycles. The second-order valence-electron chi connectivity index (χ2n) is 4.80. The van der Waals surface area contributed by atoms with E-state index in [1.54, 1.807) is 6.07 Å². The minimum atomic E-state index is -1.16. The van der Waals surface area contributed by atoms with Gasteiger partial charge in [0.2, 0.25) is 0 Å². The molecule has 0 aliphatic carbocycles. The van der Waals surface area contributed by atoms with E-state index >= 15 is 0 Å². The third-order valence-corrected chi connectivity index (χ3v) is 3.08. The maximum atomic E-state index is 12.0. The number of carbonyl (C=O) groups is 2. The normalized spacial score (nSPS) is 11.7. The van der Waals surface area contributed by atoms with E-state index in [1.807, 2.05) is 18.2 Å². The number of hydrogen-bond acceptors (Lipinski definition) is 6. The van der Waals surface area contributed by atoms with Crippen LogP contribution in [0, 0.1) is 0 Å². The smallest absolute Gasteiger partial charge is 0.342 e. The largest absolute Gasteiger partial charge is 0.507 e. The van der Waals surface area contributed by atoms with Crippen molar-refractivity contribution in [1.29, 1.82) is 0 Å². The number of carbonyl (C=O) groups excluding carboxylic acids is 2. The van der Waals surface area contributed by atoms with Crippen LogP contribution in [0.1, 0.15) is 10.4 Å². The number of benzene rings is 2. The van der Waals surface area contributed by atoms with Crippen LogP contribution in [0.2, 0.25) is 0 Å². The van der Waals surface area contributed by atoms with Gasteiger partial charge in [0.1, 0.15) is 30.6 Å². The Bertz CT molecular complexity index is 737. The second-order valence-corrected chi connectivity index (χ2v) is 4.80. The third kappa shape index (κ3) is 4.31. The lowest BCUT2D eigenvalue weighted by atomic mass is 10.1. The van der Waals surface area contributed by atoms with Crippen LogP contribution in [0.15, 0.2) is 49.1 Å². The first-order valence-corrected chi connectivity index (χ1v) is 6.87. The number of hydrogen-bond donors (Lipinski definition) is 2. The molecule has 1 unspecified atom stereocenters. The fraction of sp³-hybridized carbons (Fsp3) is 0.176. The Morgan fingerprint density at radius 2 is 1.74 bits per heavy atom. The number of rotatable bonds is 6. The quantitative estimate of drug-likeness (QED) is 0.623. The van der Waals surface area contributed by atoms with Crippen molar-refractivity contribution in [3.63, 3.8) is 0 Å². The highest BCUT2D eigenvalue weighted by atomic mass is 16.6. The van der Waals surface area contributed by atoms with Gasteiger partial charge in [-0.1, -0.05) is 30.8 Å². The maximum absolute atomic E-state index is 12.0. The zero-order valence-electron chi connectivity index (χ0n) is 12.3. The minimum absolute atomic E-state index is 0.000939. The number of ether oxygens (including phenoxy) is 2. The topological polar surface area (TPSA) is 93.1 Å². The molecule has 0 aliphatic rings. The summed E-state index contributed by atoms with van der Waals surface area (Å²) in [6.45, 7) is 2.53. The van der Waals surface area contributed by atoms with E-state index in [1.165, 1.54) is 12.1 Å². The van der Waals surface area contributed by atoms with Crippen LogP contribution in [0.25, 0.3) is 10.8 Å². The van der Waals surface area contributed by atoms with Crippen LogP contribution in [0.4, 0.5) is 0 Å². The van der Waals surface area contributed by atoms with Gasteiger partial charge in [0.15, 0.2) is 0 Å². The van der Waals surface area contributed by atoms with Crippen LogP contribution >= 0.6 is 0 Å². The monoisotopic (exact) mass is 316 g/mol. The van der Waals surface area contributed by atoms with Gasteiger partial charge in [0.25, 0.3) is 0 Å². The number of aromatic hydroxyl groups is 1. The SMILES string of the molecule is C=CC(=O)OCC(O)COC(=O)c1cc2ccccc2cc1O. The average molecular weight is 316 g/mol. The van der Waals surface area contributed by atoms with Crippen molar-refractivity contribution in [2.24, 2.45) is 0 Å². The van der Waals surface area contributed by atoms with Crippen molar-refractivity contribution in [3.05, 3.63) is 54.6 Å². The molecule has 2 aromatic carbocycles. The standard InChI is InChI=1S/C17H16O6/c1-2-16(20)22-9-13(18)10-23-17(21)14-7-11-5-3-4-6-12(11)8-15(14)19/h2-8,13,18-19H,1,9-10H2. The number of aliphatic hydroxyl groups is 1. The molecular formula is C17H16O6. The van der Waals surface area contributed by atoms with E-state index in [0.717, 1.165) is 16.8 Å². The molecule has 1 atom stereocenters. The summed E-state index contributed by atoms with van der Waals surface area (Å²) in [6, 6.07) is 10.2. The maximum Gasteiger partial charge on any atom is 0.342 e. The summed E-state index contributed by atoms with van der Waals surface area (Å²) in [5, 5.41) is 21.1. The van der Waals surface area contributed by atoms with E-state index in [2.05, 4.69) is 11.3 Å². The van der Waals surface area contributed by atoms with E-state index < -0.39 is 18.0 Å². The Kier molecular flexibility index (Phi) is 5.32. The molecule has 2 rings (SSSR count). The number of phenols is 1. The van der Waals surface area contributed by atoms with Gasteiger partial charge >= 0.3 is 11.9 Å². The molecule has 0 saturated heterocycles. The molecule has 6 nitrogen and oxygen atoms in total. The highest BCUT2D eigenvalue weighted by Crippen LogP contribution is 2.25. The number of phenolic OH excluding ortho intramolecular Hbond substituents is 1. The van der Waals surface area contributed by atoms with Crippen molar-refractivity contribution in [3.8, 4) is 5.75 Å². The van der Waals surface area contributed by atoms with Gasteiger partial charge in [0, 0.05) is 6.08 Å². The number of fused-ring (bicyclic) bond motifs is 1. The van der Waals surface area contributed by atoms with E-state index in [-0.39, 0.29) is 24.5 Å². The molecule has 0 aliphatic heterocycles. The molecule has 23 heavy (non-hydrogen) atoms.